The number of halogens is 3. The largest absolute Gasteiger partial charge is 0.493 e. The van der Waals surface area contributed by atoms with Crippen LogP contribution in [0.5, 0.6) is 5.75 Å². The smallest absolute Gasteiger partial charge is 0.481 e. The summed E-state index contributed by atoms with van der Waals surface area (Å²) in [6.07, 6.45) is 0.354. The molecule has 0 aromatic heterocycles. The van der Waals surface area contributed by atoms with Crippen LogP contribution in [0, 0.1) is 5.82 Å². The van der Waals surface area contributed by atoms with Gasteiger partial charge in [-0.25, -0.2) is 4.39 Å². The normalized spacial score (nSPS) is 19.0. The van der Waals surface area contributed by atoms with Crippen molar-refractivity contribution in [2.45, 2.75) is 57.3 Å². The predicted molar refractivity (Wildman–Crippen MR) is 117 cm³/mol. The van der Waals surface area contributed by atoms with Crippen molar-refractivity contribution in [3.8, 4) is 5.75 Å². The molecule has 1 heterocycles. The van der Waals surface area contributed by atoms with Gasteiger partial charge in [-0.05, 0) is 39.8 Å². The van der Waals surface area contributed by atoms with E-state index in [-0.39, 0.29) is 36.6 Å². The predicted octanol–water partition coefficient (Wildman–Crippen LogP) is 2.76. The molecule has 0 aliphatic carbocycles. The number of ether oxygens (including phenoxy) is 2. The van der Waals surface area contributed by atoms with E-state index in [0.717, 1.165) is 0 Å². The minimum atomic E-state index is -0.823. The fourth-order valence-corrected chi connectivity index (χ4v) is 2.86. The number of rotatable bonds is 9. The van der Waals surface area contributed by atoms with Gasteiger partial charge in [-0.3, -0.25) is 4.79 Å². The highest BCUT2D eigenvalue weighted by atomic mass is 35.5. The van der Waals surface area contributed by atoms with Crippen LogP contribution in [0.25, 0.3) is 0 Å². The van der Waals surface area contributed by atoms with Gasteiger partial charge in [0.2, 0.25) is 5.91 Å². The molecule has 2 rings (SSSR count). The molecule has 1 fully saturated rings. The van der Waals surface area contributed by atoms with Gasteiger partial charge in [-0.1, -0.05) is 11.6 Å². The van der Waals surface area contributed by atoms with Gasteiger partial charge in [-0.2, -0.15) is 0 Å². The number of hydrogen-bond donors (Lipinski definition) is 2. The van der Waals surface area contributed by atoms with Crippen molar-refractivity contribution in [3.05, 3.63) is 29.0 Å². The van der Waals surface area contributed by atoms with Crippen LogP contribution < -0.4 is 15.8 Å². The van der Waals surface area contributed by atoms with Crippen molar-refractivity contribution in [2.75, 3.05) is 20.3 Å². The molecule has 7 nitrogen and oxygen atoms in total. The highest BCUT2D eigenvalue weighted by molar-refractivity contribution is 6.48. The second-order valence-corrected chi connectivity index (χ2v) is 8.42. The molecule has 30 heavy (non-hydrogen) atoms. The topological polar surface area (TPSA) is 92.0 Å². The SMILES string of the molecule is COC[C@@H](N)C(=O)N[C@H](CCOc1ccc(Cl)c(F)c1)B1OC(C)(C)C(C)(C)O1.Cl. The van der Waals surface area contributed by atoms with Gasteiger partial charge in [0, 0.05) is 19.6 Å². The summed E-state index contributed by atoms with van der Waals surface area (Å²) in [6, 6.07) is 3.38. The standard InChI is InChI=1S/C19H29BClFN2O5.ClH/c1-18(2)19(3,4)29-20(28-18)16(24-17(25)15(23)11-26-5)8-9-27-12-6-7-13(21)14(22)10-12;/h6-7,10,15-16H,8-9,11,23H2,1-5H3,(H,24,25);1H/t15-,16-;/m1./s1. The Morgan fingerprint density at radius 3 is 2.43 bits per heavy atom. The molecular formula is C19H30BCl2FN2O5. The summed E-state index contributed by atoms with van der Waals surface area (Å²) in [5.74, 6) is -1.14. The van der Waals surface area contributed by atoms with Gasteiger partial charge in [0.05, 0.1) is 35.4 Å². The Balaban J connectivity index is 0.00000450. The second kappa shape index (κ2) is 11.0. The molecule has 1 aliphatic rings. The molecular weight excluding hydrogens is 437 g/mol. The zero-order valence-corrected chi connectivity index (χ0v) is 19.4. The molecule has 2 atom stereocenters. The maximum atomic E-state index is 13.6. The van der Waals surface area contributed by atoms with E-state index in [1.54, 1.807) is 6.07 Å². The molecule has 1 saturated heterocycles. The number of methoxy groups -OCH3 is 1. The third-order valence-corrected chi connectivity index (χ3v) is 5.51. The lowest BCUT2D eigenvalue weighted by Gasteiger charge is -2.32. The number of amides is 1. The summed E-state index contributed by atoms with van der Waals surface area (Å²) in [4.78, 5) is 12.4. The zero-order valence-electron chi connectivity index (χ0n) is 17.9. The van der Waals surface area contributed by atoms with E-state index in [2.05, 4.69) is 5.32 Å². The summed E-state index contributed by atoms with van der Waals surface area (Å²) in [7, 11) is 0.780. The minimum Gasteiger partial charge on any atom is -0.493 e. The van der Waals surface area contributed by atoms with Gasteiger partial charge in [0.1, 0.15) is 17.6 Å². The van der Waals surface area contributed by atoms with Gasteiger partial charge in [0.15, 0.2) is 0 Å². The maximum absolute atomic E-state index is 13.6. The Morgan fingerprint density at radius 1 is 1.30 bits per heavy atom. The van der Waals surface area contributed by atoms with Gasteiger partial charge < -0.3 is 29.8 Å². The van der Waals surface area contributed by atoms with Crippen molar-refractivity contribution >= 4 is 37.0 Å². The first-order valence-corrected chi connectivity index (χ1v) is 9.83. The zero-order chi connectivity index (χ0) is 21.8. The van der Waals surface area contributed by atoms with E-state index in [4.69, 9.17) is 36.1 Å². The van der Waals surface area contributed by atoms with Crippen LogP contribution in [0.15, 0.2) is 18.2 Å². The van der Waals surface area contributed by atoms with Crippen LogP contribution in [0.1, 0.15) is 34.1 Å². The molecule has 1 aliphatic heterocycles. The monoisotopic (exact) mass is 466 g/mol. The Hall–Kier alpha value is -1.10. The van der Waals surface area contributed by atoms with E-state index >= 15 is 0 Å². The van der Waals surface area contributed by atoms with E-state index in [0.29, 0.717) is 12.2 Å². The van der Waals surface area contributed by atoms with E-state index in [1.165, 1.54) is 19.2 Å². The van der Waals surface area contributed by atoms with Crippen molar-refractivity contribution in [3.63, 3.8) is 0 Å². The van der Waals surface area contributed by atoms with Crippen molar-refractivity contribution in [1.29, 1.82) is 0 Å². The Labute approximate surface area is 188 Å². The van der Waals surface area contributed by atoms with Crippen LogP contribution in [0.3, 0.4) is 0 Å². The average molecular weight is 467 g/mol. The quantitative estimate of drug-likeness (QED) is 0.543. The van der Waals surface area contributed by atoms with Crippen LogP contribution in [0.2, 0.25) is 5.02 Å². The average Bonchev–Trinajstić information content (AvgIpc) is 2.84. The van der Waals surface area contributed by atoms with Gasteiger partial charge in [-0.15, -0.1) is 12.4 Å². The summed E-state index contributed by atoms with van der Waals surface area (Å²) in [5, 5.41) is 2.88. The third kappa shape index (κ3) is 6.70. The molecule has 0 unspecified atom stereocenters. The first kappa shape index (κ1) is 26.9. The Bertz CT molecular complexity index is 710. The number of nitrogens with two attached hydrogens (primary N) is 1. The van der Waals surface area contributed by atoms with E-state index < -0.39 is 36.1 Å². The molecule has 0 saturated carbocycles. The van der Waals surface area contributed by atoms with Crippen molar-refractivity contribution in [2.24, 2.45) is 5.73 Å². The number of nitrogens with one attached hydrogen (secondary N) is 1. The lowest BCUT2D eigenvalue weighted by Crippen LogP contribution is -2.54. The lowest BCUT2D eigenvalue weighted by molar-refractivity contribution is -0.123. The van der Waals surface area contributed by atoms with Gasteiger partial charge >= 0.3 is 7.12 Å². The third-order valence-electron chi connectivity index (χ3n) is 5.20. The first-order chi connectivity index (χ1) is 13.5. The lowest BCUT2D eigenvalue weighted by atomic mass is 9.76. The highest BCUT2D eigenvalue weighted by Gasteiger charge is 2.54. The molecule has 11 heteroatoms. The van der Waals surface area contributed by atoms with Gasteiger partial charge in [0.25, 0.3) is 0 Å². The van der Waals surface area contributed by atoms with Crippen molar-refractivity contribution < 1.29 is 28.0 Å². The highest BCUT2D eigenvalue weighted by Crippen LogP contribution is 2.37. The molecule has 3 N–H and O–H groups in total. The summed E-state index contributed by atoms with van der Waals surface area (Å²) in [5.41, 5.74) is 4.71. The fourth-order valence-electron chi connectivity index (χ4n) is 2.74. The summed E-state index contributed by atoms with van der Waals surface area (Å²) >= 11 is 5.68. The first-order valence-electron chi connectivity index (χ1n) is 9.45. The molecule has 170 valence electrons. The van der Waals surface area contributed by atoms with E-state index in [1.807, 2.05) is 27.7 Å². The molecule has 0 bridgehead atoms. The van der Waals surface area contributed by atoms with Crippen LogP contribution in [-0.2, 0) is 18.8 Å². The van der Waals surface area contributed by atoms with Crippen LogP contribution >= 0.6 is 24.0 Å². The maximum Gasteiger partial charge on any atom is 0.481 e. The fraction of sp³-hybridized carbons (Fsp3) is 0.632. The number of carbonyl (C=O) groups is 1. The number of carbonyl (C=O) groups excluding carboxylic acids is 1. The molecule has 1 amide bonds. The molecule has 0 radical (unpaired) electrons. The van der Waals surface area contributed by atoms with Crippen molar-refractivity contribution in [1.82, 2.24) is 5.32 Å². The van der Waals surface area contributed by atoms with Crippen LogP contribution in [-0.4, -0.2) is 56.5 Å². The molecule has 1 aromatic carbocycles. The molecule has 1 aromatic rings. The van der Waals surface area contributed by atoms with Crippen LogP contribution in [0.4, 0.5) is 4.39 Å². The Morgan fingerprint density at radius 2 is 1.90 bits per heavy atom. The second-order valence-electron chi connectivity index (χ2n) is 8.01. The summed E-state index contributed by atoms with van der Waals surface area (Å²) in [6.45, 7) is 7.98. The number of benzene rings is 1. The molecule has 0 spiro atoms. The number of hydrogen-bond acceptors (Lipinski definition) is 6. The van der Waals surface area contributed by atoms with E-state index in [9.17, 15) is 9.18 Å². The minimum absolute atomic E-state index is 0. The summed E-state index contributed by atoms with van der Waals surface area (Å²) < 4.78 is 36.3. The Kier molecular flexibility index (Phi) is 9.85.